The molecule has 0 bridgehead atoms. The summed E-state index contributed by atoms with van der Waals surface area (Å²) in [5, 5.41) is 10.2. The molecule has 0 aliphatic heterocycles. The zero-order chi connectivity index (χ0) is 21.5. The smallest absolute Gasteiger partial charge is 0.319 e. The van der Waals surface area contributed by atoms with E-state index >= 15 is 0 Å². The number of esters is 1. The third-order valence-corrected chi connectivity index (χ3v) is 5.64. The van der Waals surface area contributed by atoms with Gasteiger partial charge in [0, 0.05) is 15.7 Å². The maximum atomic E-state index is 12.2. The van der Waals surface area contributed by atoms with Crippen LogP contribution in [0.25, 0.3) is 11.5 Å². The van der Waals surface area contributed by atoms with E-state index < -0.39 is 11.2 Å². The van der Waals surface area contributed by atoms with Crippen LogP contribution in [-0.2, 0) is 20.9 Å². The van der Waals surface area contributed by atoms with Crippen LogP contribution in [0.2, 0.25) is 0 Å². The number of nitrogens with one attached hydrogen (secondary N) is 1. The van der Waals surface area contributed by atoms with Crippen LogP contribution in [0.5, 0.6) is 0 Å². The first-order chi connectivity index (χ1) is 14.4. The van der Waals surface area contributed by atoms with Crippen molar-refractivity contribution in [3.8, 4) is 11.5 Å². The van der Waals surface area contributed by atoms with Crippen molar-refractivity contribution in [2.24, 2.45) is 0 Å². The van der Waals surface area contributed by atoms with Gasteiger partial charge in [-0.1, -0.05) is 33.6 Å². The molecule has 1 unspecified atom stereocenters. The van der Waals surface area contributed by atoms with E-state index in [4.69, 9.17) is 9.15 Å². The monoisotopic (exact) mass is 489 g/mol. The van der Waals surface area contributed by atoms with Crippen LogP contribution in [0, 0.1) is 6.92 Å². The van der Waals surface area contributed by atoms with E-state index in [1.165, 1.54) is 11.8 Å². The van der Waals surface area contributed by atoms with Crippen LogP contribution in [0.4, 0.5) is 5.69 Å². The van der Waals surface area contributed by atoms with E-state index in [2.05, 4.69) is 31.4 Å². The summed E-state index contributed by atoms with van der Waals surface area (Å²) >= 11 is 4.53. The van der Waals surface area contributed by atoms with Crippen molar-refractivity contribution in [1.29, 1.82) is 0 Å². The van der Waals surface area contributed by atoms with Gasteiger partial charge >= 0.3 is 5.97 Å². The summed E-state index contributed by atoms with van der Waals surface area (Å²) in [6.45, 7) is 3.54. The lowest BCUT2D eigenvalue weighted by Crippen LogP contribution is -2.21. The molecule has 1 aromatic heterocycles. The Balaban J connectivity index is 1.43. The lowest BCUT2D eigenvalue weighted by Gasteiger charge is -2.10. The lowest BCUT2D eigenvalue weighted by molar-refractivity contribution is -0.144. The van der Waals surface area contributed by atoms with Crippen LogP contribution in [0.3, 0.4) is 0 Å². The fraction of sp³-hybridized carbons (Fsp3) is 0.238. The number of aryl methyl sites for hydroxylation is 1. The molecule has 0 spiro atoms. The van der Waals surface area contributed by atoms with E-state index in [9.17, 15) is 9.59 Å². The Morgan fingerprint density at radius 1 is 1.20 bits per heavy atom. The van der Waals surface area contributed by atoms with Crippen LogP contribution in [0.15, 0.2) is 57.4 Å². The minimum Gasteiger partial charge on any atom is -0.455 e. The summed E-state index contributed by atoms with van der Waals surface area (Å²) in [6, 6.07) is 14.9. The molecule has 0 fully saturated rings. The highest BCUT2D eigenvalue weighted by molar-refractivity contribution is 9.10. The van der Waals surface area contributed by atoms with Gasteiger partial charge in [0.05, 0.1) is 5.75 Å². The largest absolute Gasteiger partial charge is 0.455 e. The summed E-state index contributed by atoms with van der Waals surface area (Å²) in [5.74, 6) is 0.0694. The molecule has 0 radical (unpaired) electrons. The van der Waals surface area contributed by atoms with Gasteiger partial charge in [-0.3, -0.25) is 9.59 Å². The molecule has 1 heterocycles. The second kappa shape index (κ2) is 10.4. The Morgan fingerprint density at radius 2 is 1.97 bits per heavy atom. The number of halogens is 1. The van der Waals surface area contributed by atoms with Gasteiger partial charge in [-0.25, -0.2) is 0 Å². The van der Waals surface area contributed by atoms with Gasteiger partial charge in [-0.15, -0.1) is 22.0 Å². The molecule has 3 rings (SSSR count). The van der Waals surface area contributed by atoms with Gasteiger partial charge in [0.1, 0.15) is 5.25 Å². The highest BCUT2D eigenvalue weighted by atomic mass is 79.9. The number of amides is 1. The average Bonchev–Trinajstić information content (AvgIpc) is 3.21. The van der Waals surface area contributed by atoms with E-state index in [0.717, 1.165) is 15.6 Å². The molecule has 0 saturated heterocycles. The van der Waals surface area contributed by atoms with Gasteiger partial charge < -0.3 is 14.5 Å². The molecule has 7 nitrogen and oxygen atoms in total. The first-order valence-electron chi connectivity index (χ1n) is 9.14. The Bertz CT molecular complexity index is 1020. The van der Waals surface area contributed by atoms with Gasteiger partial charge in [-0.05, 0) is 50.2 Å². The van der Waals surface area contributed by atoms with Crippen LogP contribution in [0.1, 0.15) is 18.4 Å². The quantitative estimate of drug-likeness (QED) is 0.461. The number of carbonyl (C=O) groups is 2. The summed E-state index contributed by atoms with van der Waals surface area (Å²) in [4.78, 5) is 24.2. The molecule has 2 aromatic carbocycles. The molecule has 30 heavy (non-hydrogen) atoms. The summed E-state index contributed by atoms with van der Waals surface area (Å²) in [6.07, 6.45) is 0. The topological polar surface area (TPSA) is 94.3 Å². The maximum absolute atomic E-state index is 12.2. The predicted molar refractivity (Wildman–Crippen MR) is 119 cm³/mol. The van der Waals surface area contributed by atoms with Gasteiger partial charge in [0.15, 0.2) is 6.61 Å². The molecule has 0 saturated carbocycles. The predicted octanol–water partition coefficient (Wildman–Crippen LogP) is 4.61. The first kappa shape index (κ1) is 22.0. The number of aromatic nitrogens is 2. The third-order valence-electron chi connectivity index (χ3n) is 3.99. The number of hydrogen-bond donors (Lipinski definition) is 1. The summed E-state index contributed by atoms with van der Waals surface area (Å²) in [7, 11) is 0. The van der Waals surface area contributed by atoms with E-state index in [1.807, 2.05) is 43.3 Å². The van der Waals surface area contributed by atoms with E-state index in [0.29, 0.717) is 11.6 Å². The van der Waals surface area contributed by atoms with Crippen molar-refractivity contribution >= 4 is 45.3 Å². The molecule has 3 aromatic rings. The summed E-state index contributed by atoms with van der Waals surface area (Å²) < 4.78 is 11.7. The minimum absolute atomic E-state index is 0.117. The molecule has 1 atom stereocenters. The van der Waals surface area contributed by atoms with Crippen molar-refractivity contribution in [3.63, 3.8) is 0 Å². The number of ether oxygens (including phenoxy) is 1. The fourth-order valence-corrected chi connectivity index (χ4v) is 3.40. The van der Waals surface area contributed by atoms with E-state index in [1.54, 1.807) is 19.1 Å². The Labute approximate surface area is 186 Å². The Hall–Kier alpha value is -2.65. The number of hydrogen-bond acceptors (Lipinski definition) is 7. The zero-order valence-electron chi connectivity index (χ0n) is 16.4. The number of rotatable bonds is 8. The Kier molecular flexibility index (Phi) is 7.64. The lowest BCUT2D eigenvalue weighted by atomic mass is 10.1. The normalized spacial score (nSPS) is 11.7. The average molecular weight is 490 g/mol. The minimum atomic E-state index is -0.514. The number of carbonyl (C=O) groups excluding carboxylic acids is 2. The maximum Gasteiger partial charge on any atom is 0.319 e. The third kappa shape index (κ3) is 6.43. The number of nitrogens with zero attached hydrogens (tertiary/aromatic N) is 2. The zero-order valence-corrected chi connectivity index (χ0v) is 18.8. The highest BCUT2D eigenvalue weighted by Crippen LogP contribution is 2.20. The molecule has 1 N–H and O–H groups in total. The number of benzene rings is 2. The summed E-state index contributed by atoms with van der Waals surface area (Å²) in [5.41, 5.74) is 2.58. The van der Waals surface area contributed by atoms with Gasteiger partial charge in [0.25, 0.3) is 5.89 Å². The molecule has 1 amide bonds. The van der Waals surface area contributed by atoms with Crippen LogP contribution >= 0.6 is 27.7 Å². The highest BCUT2D eigenvalue weighted by Gasteiger charge is 2.18. The molecule has 0 aliphatic rings. The van der Waals surface area contributed by atoms with Crippen molar-refractivity contribution in [2.45, 2.75) is 25.7 Å². The van der Waals surface area contributed by atoms with Crippen molar-refractivity contribution in [2.75, 3.05) is 11.1 Å². The van der Waals surface area contributed by atoms with Gasteiger partial charge in [-0.2, -0.15) is 0 Å². The Morgan fingerprint density at radius 3 is 2.70 bits per heavy atom. The molecule has 156 valence electrons. The van der Waals surface area contributed by atoms with Gasteiger partial charge in [0.2, 0.25) is 11.8 Å². The number of anilines is 1. The fourth-order valence-electron chi connectivity index (χ4n) is 2.46. The molecule has 9 heteroatoms. The van der Waals surface area contributed by atoms with Crippen LogP contribution < -0.4 is 5.32 Å². The first-order valence-corrected chi connectivity index (χ1v) is 11.0. The van der Waals surface area contributed by atoms with E-state index in [-0.39, 0.29) is 24.2 Å². The second-order valence-corrected chi connectivity index (χ2v) is 8.73. The molecular formula is C21H20BrN3O4S. The second-order valence-electron chi connectivity index (χ2n) is 6.49. The SMILES string of the molecule is Cc1cccc(-c2nnc(COC(=O)C(C)SCC(=O)Nc3ccc(Br)cc3)o2)c1. The standard InChI is InChI=1S/C21H20BrN3O4S/c1-13-4-3-5-15(10-13)20-25-24-19(29-20)11-28-21(27)14(2)30-12-18(26)23-17-8-6-16(22)7-9-17/h3-10,14H,11-12H2,1-2H3,(H,23,26). The van der Waals surface area contributed by atoms with Crippen molar-refractivity contribution in [1.82, 2.24) is 10.2 Å². The number of thioether (sulfide) groups is 1. The van der Waals surface area contributed by atoms with Crippen molar-refractivity contribution < 1.29 is 18.7 Å². The van der Waals surface area contributed by atoms with Crippen LogP contribution in [-0.4, -0.2) is 33.1 Å². The van der Waals surface area contributed by atoms with Crippen molar-refractivity contribution in [3.05, 3.63) is 64.5 Å². The molecular weight excluding hydrogens is 470 g/mol. The molecule has 0 aliphatic carbocycles.